The van der Waals surface area contributed by atoms with Crippen molar-refractivity contribution >= 4 is 12.6 Å². The topological polar surface area (TPSA) is 30.0 Å². The molecule has 0 spiro atoms. The monoisotopic (exact) mass is 197 g/mol. The van der Waals surface area contributed by atoms with Gasteiger partial charge in [0.05, 0.1) is 5.44 Å². The van der Waals surface area contributed by atoms with E-state index in [-0.39, 0.29) is 0 Å². The summed E-state index contributed by atoms with van der Waals surface area (Å²) in [5.74, 6) is 0.466. The van der Waals surface area contributed by atoms with Crippen LogP contribution in [0.25, 0.3) is 0 Å². The summed E-state index contributed by atoms with van der Waals surface area (Å²) in [6.45, 7) is 7.74. The first kappa shape index (κ1) is 10.5. The van der Waals surface area contributed by atoms with Gasteiger partial charge < -0.3 is 4.57 Å². The first-order valence-corrected chi connectivity index (χ1v) is 7.03. The van der Waals surface area contributed by atoms with E-state index in [1.165, 1.54) is 5.56 Å². The molecule has 0 saturated heterocycles. The fourth-order valence-corrected chi connectivity index (χ4v) is 1.89. The van der Waals surface area contributed by atoms with Crippen LogP contribution in [0, 0.1) is 0 Å². The van der Waals surface area contributed by atoms with Gasteiger partial charge in [0.1, 0.15) is 7.14 Å². The fraction of sp³-hybridized carbons (Fsp3) is 0.500. The van der Waals surface area contributed by atoms with Gasteiger partial charge in [-0.2, -0.15) is 0 Å². The average molecular weight is 197 g/mol. The molecule has 0 unspecified atom stereocenters. The van der Waals surface area contributed by atoms with Gasteiger partial charge in [-0.3, -0.25) is 4.98 Å². The number of nitrogens with zero attached hydrogens (tertiary/aromatic N) is 1. The zero-order chi connectivity index (χ0) is 10.1. The summed E-state index contributed by atoms with van der Waals surface area (Å²) in [4.78, 5) is 4.13. The molecule has 0 N–H and O–H groups in total. The molecule has 0 fully saturated rings. The van der Waals surface area contributed by atoms with Crippen molar-refractivity contribution in [3.63, 3.8) is 0 Å². The van der Waals surface area contributed by atoms with Crippen molar-refractivity contribution in [2.75, 3.05) is 13.3 Å². The van der Waals surface area contributed by atoms with Crippen molar-refractivity contribution in [3.05, 3.63) is 23.9 Å². The first-order chi connectivity index (χ1) is 5.91. The standard InChI is InChI=1S/C10H16NOP/c1-8(2)9-5-6-11-10(7-9)13(3,4)12/h5-8H,1-4H3. The van der Waals surface area contributed by atoms with Crippen LogP contribution in [0.3, 0.4) is 0 Å². The van der Waals surface area contributed by atoms with Gasteiger partial charge in [0.15, 0.2) is 0 Å². The molecule has 1 aromatic heterocycles. The van der Waals surface area contributed by atoms with Crippen LogP contribution in [-0.4, -0.2) is 18.3 Å². The summed E-state index contributed by atoms with van der Waals surface area (Å²) >= 11 is 0. The average Bonchev–Trinajstić information content (AvgIpc) is 2.03. The Morgan fingerprint density at radius 3 is 2.46 bits per heavy atom. The number of pyridine rings is 1. The molecule has 0 aliphatic heterocycles. The molecule has 0 amide bonds. The molecule has 13 heavy (non-hydrogen) atoms. The Labute approximate surface area is 79.8 Å². The second kappa shape index (κ2) is 3.63. The molecule has 72 valence electrons. The molecule has 1 heterocycles. The third-order valence-electron chi connectivity index (χ3n) is 1.99. The molecular weight excluding hydrogens is 181 g/mol. The van der Waals surface area contributed by atoms with Crippen molar-refractivity contribution < 1.29 is 4.57 Å². The van der Waals surface area contributed by atoms with Gasteiger partial charge in [0.2, 0.25) is 0 Å². The summed E-state index contributed by atoms with van der Waals surface area (Å²) in [6.07, 6.45) is 1.74. The van der Waals surface area contributed by atoms with Crippen LogP contribution >= 0.6 is 7.14 Å². The van der Waals surface area contributed by atoms with Crippen LogP contribution in [0.5, 0.6) is 0 Å². The molecule has 0 aliphatic carbocycles. The molecule has 0 atom stereocenters. The maximum atomic E-state index is 11.7. The quantitative estimate of drug-likeness (QED) is 0.681. The molecule has 2 nitrogen and oxygen atoms in total. The normalized spacial score (nSPS) is 12.1. The maximum Gasteiger partial charge on any atom is 0.127 e. The minimum absolute atomic E-state index is 0.466. The second-order valence-electron chi connectivity index (χ2n) is 3.95. The van der Waals surface area contributed by atoms with Crippen LogP contribution < -0.4 is 5.44 Å². The van der Waals surface area contributed by atoms with Crippen molar-refractivity contribution in [2.24, 2.45) is 0 Å². The highest BCUT2D eigenvalue weighted by molar-refractivity contribution is 7.69. The van der Waals surface area contributed by atoms with E-state index < -0.39 is 7.14 Å². The van der Waals surface area contributed by atoms with Gasteiger partial charge in [0, 0.05) is 6.20 Å². The van der Waals surface area contributed by atoms with Gasteiger partial charge in [-0.1, -0.05) is 13.8 Å². The molecule has 0 saturated carbocycles. The molecule has 0 bridgehead atoms. The zero-order valence-electron chi connectivity index (χ0n) is 8.61. The Morgan fingerprint density at radius 1 is 1.38 bits per heavy atom. The third kappa shape index (κ3) is 2.67. The largest absolute Gasteiger partial charge is 0.318 e. The van der Waals surface area contributed by atoms with Gasteiger partial charge in [0.25, 0.3) is 0 Å². The summed E-state index contributed by atoms with van der Waals surface area (Å²) in [6, 6.07) is 3.93. The highest BCUT2D eigenvalue weighted by Gasteiger charge is 2.13. The molecule has 0 radical (unpaired) electrons. The van der Waals surface area contributed by atoms with Crippen LogP contribution in [0.2, 0.25) is 0 Å². The Morgan fingerprint density at radius 2 is 2.00 bits per heavy atom. The Balaban J connectivity index is 3.13. The molecule has 1 aromatic rings. The Bertz CT molecular complexity index is 341. The molecule has 0 aromatic carbocycles. The summed E-state index contributed by atoms with van der Waals surface area (Å²) in [5.41, 5.74) is 1.94. The van der Waals surface area contributed by atoms with Crippen molar-refractivity contribution in [3.8, 4) is 0 Å². The summed E-state index contributed by atoms with van der Waals surface area (Å²) in [7, 11) is -2.20. The van der Waals surface area contributed by atoms with Crippen molar-refractivity contribution in [2.45, 2.75) is 19.8 Å². The molecule has 3 heteroatoms. The second-order valence-corrected chi connectivity index (χ2v) is 7.11. The third-order valence-corrected chi connectivity index (χ3v) is 3.34. The summed E-state index contributed by atoms with van der Waals surface area (Å²) < 4.78 is 11.7. The zero-order valence-corrected chi connectivity index (χ0v) is 9.51. The molecular formula is C10H16NOP. The van der Waals surface area contributed by atoms with Crippen LogP contribution in [0.15, 0.2) is 18.3 Å². The van der Waals surface area contributed by atoms with Crippen LogP contribution in [0.4, 0.5) is 0 Å². The smallest absolute Gasteiger partial charge is 0.127 e. The van der Waals surface area contributed by atoms with E-state index in [1.807, 2.05) is 12.1 Å². The number of rotatable bonds is 2. The predicted octanol–water partition coefficient (Wildman–Crippen LogP) is 2.45. The van der Waals surface area contributed by atoms with E-state index in [9.17, 15) is 4.57 Å². The first-order valence-electron chi connectivity index (χ1n) is 4.43. The maximum absolute atomic E-state index is 11.7. The van der Waals surface area contributed by atoms with Gasteiger partial charge in [-0.25, -0.2) is 0 Å². The van der Waals surface area contributed by atoms with E-state index in [0.717, 1.165) is 5.44 Å². The predicted molar refractivity (Wildman–Crippen MR) is 57.4 cm³/mol. The van der Waals surface area contributed by atoms with Gasteiger partial charge >= 0.3 is 0 Å². The van der Waals surface area contributed by atoms with E-state index in [2.05, 4.69) is 18.8 Å². The van der Waals surface area contributed by atoms with Crippen LogP contribution in [0.1, 0.15) is 25.3 Å². The number of hydrogen-bond acceptors (Lipinski definition) is 2. The van der Waals surface area contributed by atoms with E-state index >= 15 is 0 Å². The lowest BCUT2D eigenvalue weighted by atomic mass is 10.1. The summed E-state index contributed by atoms with van der Waals surface area (Å²) in [5, 5.41) is 0. The van der Waals surface area contributed by atoms with E-state index in [1.54, 1.807) is 19.5 Å². The number of aromatic nitrogens is 1. The SMILES string of the molecule is CC(C)c1ccnc(P(C)(C)=O)c1. The minimum Gasteiger partial charge on any atom is -0.318 e. The van der Waals surface area contributed by atoms with E-state index in [4.69, 9.17) is 0 Å². The number of hydrogen-bond donors (Lipinski definition) is 0. The highest BCUT2D eigenvalue weighted by Crippen LogP contribution is 2.33. The van der Waals surface area contributed by atoms with Crippen molar-refractivity contribution in [1.82, 2.24) is 4.98 Å². The molecule has 0 aliphatic rings. The van der Waals surface area contributed by atoms with Gasteiger partial charge in [-0.05, 0) is 36.9 Å². The highest BCUT2D eigenvalue weighted by atomic mass is 31.2. The lowest BCUT2D eigenvalue weighted by Gasteiger charge is -2.09. The molecule has 1 rings (SSSR count). The lowest BCUT2D eigenvalue weighted by Crippen LogP contribution is -2.09. The lowest BCUT2D eigenvalue weighted by molar-refractivity contribution is 0.587. The Kier molecular flexibility index (Phi) is 2.92. The minimum atomic E-state index is -2.20. The van der Waals surface area contributed by atoms with Gasteiger partial charge in [-0.15, -0.1) is 0 Å². The fourth-order valence-electron chi connectivity index (χ4n) is 1.09. The van der Waals surface area contributed by atoms with Crippen molar-refractivity contribution in [1.29, 1.82) is 0 Å². The van der Waals surface area contributed by atoms with Crippen LogP contribution in [-0.2, 0) is 4.57 Å². The Hall–Kier alpha value is -0.620. The van der Waals surface area contributed by atoms with E-state index in [0.29, 0.717) is 5.92 Å².